The summed E-state index contributed by atoms with van der Waals surface area (Å²) in [7, 11) is 0. The number of hydrogen-bond donors (Lipinski definition) is 3. The highest BCUT2D eigenvalue weighted by molar-refractivity contribution is 7.08. The molecular formula is C14H20N2O3S. The minimum atomic E-state index is -0.243. The summed E-state index contributed by atoms with van der Waals surface area (Å²) in [5, 5.41) is 18.5. The molecule has 0 saturated heterocycles. The summed E-state index contributed by atoms with van der Waals surface area (Å²) in [4.78, 5) is 23.6. The number of carbonyl (C=O) groups is 2. The molecule has 1 aliphatic carbocycles. The SMILES string of the molecule is CC1(CO)CCCC1NC(=O)CNC(=O)c1ccsc1. The summed E-state index contributed by atoms with van der Waals surface area (Å²) in [6, 6.07) is 1.70. The highest BCUT2D eigenvalue weighted by Crippen LogP contribution is 2.37. The number of rotatable bonds is 5. The Morgan fingerprint density at radius 3 is 3.00 bits per heavy atom. The van der Waals surface area contributed by atoms with Crippen LogP contribution in [0.25, 0.3) is 0 Å². The molecule has 1 heterocycles. The Hall–Kier alpha value is -1.40. The van der Waals surface area contributed by atoms with Crippen LogP contribution >= 0.6 is 11.3 Å². The van der Waals surface area contributed by atoms with Crippen molar-refractivity contribution in [2.45, 2.75) is 32.2 Å². The first-order valence-electron chi connectivity index (χ1n) is 6.76. The number of aliphatic hydroxyl groups is 1. The molecular weight excluding hydrogens is 276 g/mol. The normalized spacial score (nSPS) is 25.4. The zero-order valence-corrected chi connectivity index (χ0v) is 12.3. The highest BCUT2D eigenvalue weighted by Gasteiger charge is 2.38. The lowest BCUT2D eigenvalue weighted by molar-refractivity contribution is -0.121. The van der Waals surface area contributed by atoms with Gasteiger partial charge in [0, 0.05) is 22.4 Å². The van der Waals surface area contributed by atoms with E-state index in [2.05, 4.69) is 10.6 Å². The summed E-state index contributed by atoms with van der Waals surface area (Å²) in [6.45, 7) is 2.01. The van der Waals surface area contributed by atoms with Gasteiger partial charge in [-0.2, -0.15) is 11.3 Å². The molecule has 2 amide bonds. The third-order valence-corrected chi connectivity index (χ3v) is 4.65. The fourth-order valence-corrected chi connectivity index (χ4v) is 3.21. The first-order chi connectivity index (χ1) is 9.55. The third kappa shape index (κ3) is 3.37. The van der Waals surface area contributed by atoms with E-state index >= 15 is 0 Å². The second kappa shape index (κ2) is 6.37. The number of amides is 2. The van der Waals surface area contributed by atoms with E-state index in [1.807, 2.05) is 12.3 Å². The number of aliphatic hydroxyl groups excluding tert-OH is 1. The first kappa shape index (κ1) is 15.0. The summed E-state index contributed by atoms with van der Waals surface area (Å²) in [5.74, 6) is -0.446. The number of thiophene rings is 1. The van der Waals surface area contributed by atoms with Crippen LogP contribution in [0.2, 0.25) is 0 Å². The van der Waals surface area contributed by atoms with Crippen LogP contribution < -0.4 is 10.6 Å². The maximum Gasteiger partial charge on any atom is 0.252 e. The molecule has 1 fully saturated rings. The van der Waals surface area contributed by atoms with Gasteiger partial charge in [0.2, 0.25) is 5.91 Å². The van der Waals surface area contributed by atoms with E-state index in [-0.39, 0.29) is 36.4 Å². The van der Waals surface area contributed by atoms with Gasteiger partial charge in [0.15, 0.2) is 0 Å². The Kier molecular flexibility index (Phi) is 4.77. The summed E-state index contributed by atoms with van der Waals surface area (Å²) >= 11 is 1.44. The molecule has 2 rings (SSSR count). The lowest BCUT2D eigenvalue weighted by Crippen LogP contribution is -2.48. The molecule has 6 heteroatoms. The predicted octanol–water partition coefficient (Wildman–Crippen LogP) is 1.15. The molecule has 0 aliphatic heterocycles. The topological polar surface area (TPSA) is 78.4 Å². The van der Waals surface area contributed by atoms with Crippen molar-refractivity contribution in [2.24, 2.45) is 5.41 Å². The molecule has 1 aromatic rings. The van der Waals surface area contributed by atoms with E-state index < -0.39 is 0 Å². The van der Waals surface area contributed by atoms with E-state index in [1.165, 1.54) is 11.3 Å². The largest absolute Gasteiger partial charge is 0.396 e. The molecule has 0 radical (unpaired) electrons. The molecule has 20 heavy (non-hydrogen) atoms. The van der Waals surface area contributed by atoms with Crippen molar-refractivity contribution in [3.05, 3.63) is 22.4 Å². The zero-order valence-electron chi connectivity index (χ0n) is 11.5. The van der Waals surface area contributed by atoms with Crippen LogP contribution in [0.3, 0.4) is 0 Å². The average Bonchev–Trinajstić information content (AvgIpc) is 3.07. The maximum absolute atomic E-state index is 11.9. The number of carbonyl (C=O) groups excluding carboxylic acids is 2. The van der Waals surface area contributed by atoms with Crippen LogP contribution in [0.1, 0.15) is 36.5 Å². The zero-order chi connectivity index (χ0) is 14.6. The Balaban J connectivity index is 1.80. The van der Waals surface area contributed by atoms with Crippen LogP contribution in [0, 0.1) is 5.41 Å². The van der Waals surface area contributed by atoms with Crippen molar-refractivity contribution in [1.29, 1.82) is 0 Å². The van der Waals surface area contributed by atoms with Gasteiger partial charge in [-0.15, -0.1) is 0 Å². The molecule has 110 valence electrons. The number of nitrogens with one attached hydrogen (secondary N) is 2. The first-order valence-corrected chi connectivity index (χ1v) is 7.70. The second-order valence-electron chi connectivity index (χ2n) is 5.52. The van der Waals surface area contributed by atoms with E-state index in [9.17, 15) is 14.7 Å². The van der Waals surface area contributed by atoms with Crippen molar-refractivity contribution < 1.29 is 14.7 Å². The van der Waals surface area contributed by atoms with Gasteiger partial charge in [-0.1, -0.05) is 13.3 Å². The third-order valence-electron chi connectivity index (χ3n) is 3.97. The van der Waals surface area contributed by atoms with Crippen molar-refractivity contribution in [3.8, 4) is 0 Å². The Morgan fingerprint density at radius 2 is 2.35 bits per heavy atom. The molecule has 1 aliphatic rings. The monoisotopic (exact) mass is 296 g/mol. The number of hydrogen-bond acceptors (Lipinski definition) is 4. The molecule has 2 atom stereocenters. The van der Waals surface area contributed by atoms with Gasteiger partial charge in [-0.05, 0) is 24.3 Å². The molecule has 0 spiro atoms. The van der Waals surface area contributed by atoms with Crippen LogP contribution in [-0.4, -0.2) is 36.1 Å². The smallest absolute Gasteiger partial charge is 0.252 e. The molecule has 0 aromatic carbocycles. The predicted molar refractivity (Wildman–Crippen MR) is 77.6 cm³/mol. The fourth-order valence-electron chi connectivity index (χ4n) is 2.57. The molecule has 1 aromatic heterocycles. The standard InChI is InChI=1S/C14H20N2O3S/c1-14(9-17)5-2-3-11(14)16-12(18)7-15-13(19)10-4-6-20-8-10/h4,6,8,11,17H,2-3,5,7,9H2,1H3,(H,15,19)(H,16,18). The van der Waals surface area contributed by atoms with Crippen molar-refractivity contribution in [1.82, 2.24) is 10.6 Å². The van der Waals surface area contributed by atoms with Gasteiger partial charge >= 0.3 is 0 Å². The Labute approximate surface area is 122 Å². The van der Waals surface area contributed by atoms with E-state index in [0.29, 0.717) is 5.56 Å². The lowest BCUT2D eigenvalue weighted by atomic mass is 9.86. The summed E-state index contributed by atoms with van der Waals surface area (Å²) < 4.78 is 0. The lowest BCUT2D eigenvalue weighted by Gasteiger charge is -2.30. The van der Waals surface area contributed by atoms with Crippen molar-refractivity contribution in [2.75, 3.05) is 13.2 Å². The van der Waals surface area contributed by atoms with Gasteiger partial charge in [-0.3, -0.25) is 9.59 Å². The van der Waals surface area contributed by atoms with Gasteiger partial charge < -0.3 is 15.7 Å². The molecule has 5 nitrogen and oxygen atoms in total. The van der Waals surface area contributed by atoms with Gasteiger partial charge in [0.1, 0.15) is 0 Å². The maximum atomic E-state index is 11.9. The fraction of sp³-hybridized carbons (Fsp3) is 0.571. The highest BCUT2D eigenvalue weighted by atomic mass is 32.1. The van der Waals surface area contributed by atoms with Crippen LogP contribution in [0.5, 0.6) is 0 Å². The van der Waals surface area contributed by atoms with E-state index in [0.717, 1.165) is 19.3 Å². The molecule has 1 saturated carbocycles. The van der Waals surface area contributed by atoms with E-state index in [1.54, 1.807) is 11.4 Å². The summed E-state index contributed by atoms with van der Waals surface area (Å²) in [6.07, 6.45) is 2.79. The van der Waals surface area contributed by atoms with Crippen LogP contribution in [-0.2, 0) is 4.79 Å². The Morgan fingerprint density at radius 1 is 1.55 bits per heavy atom. The van der Waals surface area contributed by atoms with Crippen LogP contribution in [0.15, 0.2) is 16.8 Å². The van der Waals surface area contributed by atoms with E-state index in [4.69, 9.17) is 0 Å². The van der Waals surface area contributed by atoms with Gasteiger partial charge in [0.25, 0.3) is 5.91 Å². The van der Waals surface area contributed by atoms with Crippen molar-refractivity contribution >= 4 is 23.2 Å². The van der Waals surface area contributed by atoms with Gasteiger partial charge in [-0.25, -0.2) is 0 Å². The summed E-state index contributed by atoms with van der Waals surface area (Å²) in [5.41, 5.74) is 0.330. The van der Waals surface area contributed by atoms with Gasteiger partial charge in [0.05, 0.1) is 13.2 Å². The molecule has 0 bridgehead atoms. The molecule has 3 N–H and O–H groups in total. The quantitative estimate of drug-likeness (QED) is 0.762. The van der Waals surface area contributed by atoms with Crippen molar-refractivity contribution in [3.63, 3.8) is 0 Å². The second-order valence-corrected chi connectivity index (χ2v) is 6.30. The average molecular weight is 296 g/mol. The molecule has 2 unspecified atom stereocenters. The minimum Gasteiger partial charge on any atom is -0.396 e. The van der Waals surface area contributed by atoms with Crippen LogP contribution in [0.4, 0.5) is 0 Å². The Bertz CT molecular complexity index is 475. The minimum absolute atomic E-state index is 0.0157.